The van der Waals surface area contributed by atoms with Crippen molar-refractivity contribution < 1.29 is 22.4 Å². The molecule has 0 spiro atoms. The van der Waals surface area contributed by atoms with E-state index in [0.717, 1.165) is 6.07 Å². The van der Waals surface area contributed by atoms with Gasteiger partial charge in [-0.05, 0) is 19.9 Å². The maximum atomic E-state index is 13.8. The van der Waals surface area contributed by atoms with Gasteiger partial charge >= 0.3 is 6.18 Å². The van der Waals surface area contributed by atoms with Crippen LogP contribution in [0, 0.1) is 5.82 Å². The largest absolute Gasteiger partial charge is 0.419 e. The lowest BCUT2D eigenvalue weighted by molar-refractivity contribution is -0.140. The molecule has 0 aliphatic heterocycles. The fourth-order valence-electron chi connectivity index (χ4n) is 1.95. The molecule has 0 aliphatic rings. The number of carbonyl (C=O) groups excluding carboxylic acids is 1. The zero-order chi connectivity index (χ0) is 17.2. The summed E-state index contributed by atoms with van der Waals surface area (Å²) in [5.74, 6) is -1.91. The van der Waals surface area contributed by atoms with Crippen LogP contribution in [0.2, 0.25) is 0 Å². The highest BCUT2D eigenvalue weighted by molar-refractivity contribution is 5.93. The lowest BCUT2D eigenvalue weighted by atomic mass is 10.1. The number of nitrogens with one attached hydrogen (secondary N) is 1. The molecule has 0 saturated heterocycles. The van der Waals surface area contributed by atoms with Gasteiger partial charge in [0.1, 0.15) is 5.82 Å². The van der Waals surface area contributed by atoms with Crippen molar-refractivity contribution in [3.8, 4) is 0 Å². The minimum atomic E-state index is -4.78. The molecule has 0 aliphatic carbocycles. The van der Waals surface area contributed by atoms with Crippen LogP contribution < -0.4 is 5.32 Å². The van der Waals surface area contributed by atoms with Crippen molar-refractivity contribution in [2.75, 3.05) is 0 Å². The zero-order valence-corrected chi connectivity index (χ0v) is 12.5. The summed E-state index contributed by atoms with van der Waals surface area (Å²) >= 11 is 0. The molecule has 1 amide bonds. The first kappa shape index (κ1) is 17.0. The summed E-state index contributed by atoms with van der Waals surface area (Å²) in [5.41, 5.74) is -1.33. The van der Waals surface area contributed by atoms with Crippen molar-refractivity contribution in [3.05, 3.63) is 53.1 Å². The topological polar surface area (TPSA) is 46.9 Å². The van der Waals surface area contributed by atoms with Crippen LogP contribution in [0.15, 0.2) is 30.6 Å². The van der Waals surface area contributed by atoms with E-state index < -0.39 is 23.5 Å². The Hall–Kier alpha value is -2.38. The Morgan fingerprint density at radius 3 is 2.61 bits per heavy atom. The third-order valence-corrected chi connectivity index (χ3v) is 3.22. The fourth-order valence-corrected chi connectivity index (χ4v) is 1.95. The van der Waals surface area contributed by atoms with Crippen molar-refractivity contribution >= 4 is 5.91 Å². The monoisotopic (exact) mass is 329 g/mol. The van der Waals surface area contributed by atoms with Crippen LogP contribution in [0.25, 0.3) is 0 Å². The minimum Gasteiger partial charge on any atom is -0.348 e. The second-order valence-corrected chi connectivity index (χ2v) is 5.26. The van der Waals surface area contributed by atoms with Gasteiger partial charge in [0.25, 0.3) is 5.91 Å². The van der Waals surface area contributed by atoms with Crippen molar-refractivity contribution in [2.24, 2.45) is 0 Å². The van der Waals surface area contributed by atoms with Crippen LogP contribution in [-0.2, 0) is 12.7 Å². The lowest BCUT2D eigenvalue weighted by Gasteiger charge is -2.11. The Labute approximate surface area is 130 Å². The van der Waals surface area contributed by atoms with Gasteiger partial charge in [-0.15, -0.1) is 0 Å². The Morgan fingerprint density at radius 2 is 2.04 bits per heavy atom. The van der Waals surface area contributed by atoms with Gasteiger partial charge in [-0.25, -0.2) is 4.39 Å². The van der Waals surface area contributed by atoms with Gasteiger partial charge in [0.15, 0.2) is 0 Å². The van der Waals surface area contributed by atoms with Gasteiger partial charge < -0.3 is 5.32 Å². The summed E-state index contributed by atoms with van der Waals surface area (Å²) in [6, 6.07) is 3.03. The van der Waals surface area contributed by atoms with Gasteiger partial charge in [0.05, 0.1) is 17.3 Å². The lowest BCUT2D eigenvalue weighted by Crippen LogP contribution is -2.23. The second-order valence-electron chi connectivity index (χ2n) is 5.26. The Bertz CT molecular complexity index is 707. The van der Waals surface area contributed by atoms with E-state index >= 15 is 0 Å². The van der Waals surface area contributed by atoms with Gasteiger partial charge in [0.2, 0.25) is 0 Å². The van der Waals surface area contributed by atoms with Crippen LogP contribution in [-0.4, -0.2) is 15.7 Å². The molecule has 1 heterocycles. The standard InChI is InChI=1S/C15H15F4N3O/c1-9(2)22-8-11(7-21-22)14(23)20-6-10-4-3-5-12(13(10)16)15(17,18)19/h3-5,7-9H,6H2,1-2H3,(H,20,23). The van der Waals surface area contributed by atoms with Crippen LogP contribution in [0.1, 0.15) is 41.4 Å². The highest BCUT2D eigenvalue weighted by Crippen LogP contribution is 2.32. The van der Waals surface area contributed by atoms with E-state index in [1.807, 2.05) is 13.8 Å². The number of hydrogen-bond acceptors (Lipinski definition) is 2. The van der Waals surface area contributed by atoms with E-state index in [9.17, 15) is 22.4 Å². The Morgan fingerprint density at radius 1 is 1.35 bits per heavy atom. The fraction of sp³-hybridized carbons (Fsp3) is 0.333. The molecule has 0 saturated carbocycles. The average Bonchev–Trinajstić information content (AvgIpc) is 2.94. The van der Waals surface area contributed by atoms with E-state index in [-0.39, 0.29) is 23.7 Å². The molecule has 0 bridgehead atoms. The van der Waals surface area contributed by atoms with Crippen molar-refractivity contribution in [1.29, 1.82) is 0 Å². The minimum absolute atomic E-state index is 0.0671. The molecular weight excluding hydrogens is 314 g/mol. The number of carbonyl (C=O) groups is 1. The van der Waals surface area contributed by atoms with Crippen LogP contribution >= 0.6 is 0 Å². The highest BCUT2D eigenvalue weighted by Gasteiger charge is 2.34. The summed E-state index contributed by atoms with van der Waals surface area (Å²) in [6.07, 6.45) is -1.91. The maximum absolute atomic E-state index is 13.8. The molecule has 0 fully saturated rings. The third-order valence-electron chi connectivity index (χ3n) is 3.22. The number of amides is 1. The first-order chi connectivity index (χ1) is 10.7. The molecular formula is C15H15F4N3O. The molecule has 2 aromatic rings. The van der Waals surface area contributed by atoms with E-state index in [2.05, 4.69) is 10.4 Å². The van der Waals surface area contributed by atoms with Crippen LogP contribution in [0.5, 0.6) is 0 Å². The predicted octanol–water partition coefficient (Wildman–Crippen LogP) is 3.55. The normalized spacial score (nSPS) is 11.8. The summed E-state index contributed by atoms with van der Waals surface area (Å²) in [6.45, 7) is 3.42. The number of rotatable bonds is 4. The first-order valence-electron chi connectivity index (χ1n) is 6.87. The molecule has 0 atom stereocenters. The number of hydrogen-bond donors (Lipinski definition) is 1. The molecule has 8 heteroatoms. The molecule has 4 nitrogen and oxygen atoms in total. The van der Waals surface area contributed by atoms with E-state index in [1.165, 1.54) is 18.5 Å². The zero-order valence-electron chi connectivity index (χ0n) is 12.5. The molecule has 2 rings (SSSR count). The van der Waals surface area contributed by atoms with Crippen LogP contribution in [0.3, 0.4) is 0 Å². The Kier molecular flexibility index (Phi) is 4.72. The van der Waals surface area contributed by atoms with Gasteiger partial charge in [-0.3, -0.25) is 9.48 Å². The second kappa shape index (κ2) is 6.39. The number of benzene rings is 1. The molecule has 1 aromatic heterocycles. The SMILES string of the molecule is CC(C)n1cc(C(=O)NCc2cccc(C(F)(F)F)c2F)cn1. The average molecular weight is 329 g/mol. The quantitative estimate of drug-likeness (QED) is 0.872. The van der Waals surface area contributed by atoms with Gasteiger partial charge in [-0.2, -0.15) is 18.3 Å². The van der Waals surface area contributed by atoms with Crippen molar-refractivity contribution in [3.63, 3.8) is 0 Å². The van der Waals surface area contributed by atoms with Gasteiger partial charge in [-0.1, -0.05) is 12.1 Å². The first-order valence-corrected chi connectivity index (χ1v) is 6.87. The number of aromatic nitrogens is 2. The molecule has 1 N–H and O–H groups in total. The molecule has 23 heavy (non-hydrogen) atoms. The molecule has 0 radical (unpaired) electrons. The van der Waals surface area contributed by atoms with E-state index in [0.29, 0.717) is 6.07 Å². The predicted molar refractivity (Wildman–Crippen MR) is 75.2 cm³/mol. The van der Waals surface area contributed by atoms with E-state index in [1.54, 1.807) is 4.68 Å². The smallest absolute Gasteiger partial charge is 0.348 e. The number of alkyl halides is 3. The van der Waals surface area contributed by atoms with Crippen molar-refractivity contribution in [1.82, 2.24) is 15.1 Å². The third kappa shape index (κ3) is 3.88. The molecule has 0 unspecified atom stereocenters. The van der Waals surface area contributed by atoms with Crippen molar-refractivity contribution in [2.45, 2.75) is 32.6 Å². The summed E-state index contributed by atoms with van der Waals surface area (Å²) in [7, 11) is 0. The van der Waals surface area contributed by atoms with Crippen LogP contribution in [0.4, 0.5) is 17.6 Å². The number of halogens is 4. The maximum Gasteiger partial charge on any atom is 0.419 e. The van der Waals surface area contributed by atoms with E-state index in [4.69, 9.17) is 0 Å². The van der Waals surface area contributed by atoms with Gasteiger partial charge in [0, 0.05) is 24.3 Å². The summed E-state index contributed by atoms with van der Waals surface area (Å²) in [4.78, 5) is 11.9. The summed E-state index contributed by atoms with van der Waals surface area (Å²) < 4.78 is 53.3. The number of nitrogens with zero attached hydrogens (tertiary/aromatic N) is 2. The highest BCUT2D eigenvalue weighted by atomic mass is 19.4. The Balaban J connectivity index is 2.10. The summed E-state index contributed by atoms with van der Waals surface area (Å²) in [5, 5.41) is 6.38. The molecule has 1 aromatic carbocycles. The molecule has 124 valence electrons.